The molecule has 0 atom stereocenters. The summed E-state index contributed by atoms with van der Waals surface area (Å²) in [6, 6.07) is 2.15. The first-order chi connectivity index (χ1) is 16.4. The van der Waals surface area contributed by atoms with Crippen molar-refractivity contribution in [1.29, 1.82) is 0 Å². The number of nitrogens with one attached hydrogen (secondary N) is 1. The van der Waals surface area contributed by atoms with Gasteiger partial charge in [0.2, 0.25) is 10.0 Å². The molecule has 2 heterocycles. The lowest BCUT2D eigenvalue weighted by Gasteiger charge is -2.41. The first-order valence-corrected chi connectivity index (χ1v) is 13.9. The highest BCUT2D eigenvalue weighted by atomic mass is 32.2. The lowest BCUT2D eigenvalue weighted by atomic mass is 9.98. The molecule has 35 heavy (non-hydrogen) atoms. The van der Waals surface area contributed by atoms with E-state index in [4.69, 9.17) is 9.47 Å². The fraction of sp³-hybridized carbons (Fsp3) is 0.708. The van der Waals surface area contributed by atoms with Gasteiger partial charge in [0.25, 0.3) is 0 Å². The van der Waals surface area contributed by atoms with Crippen LogP contribution in [-0.2, 0) is 14.8 Å². The van der Waals surface area contributed by atoms with Crippen LogP contribution in [-0.4, -0.2) is 69.6 Å². The van der Waals surface area contributed by atoms with Gasteiger partial charge in [-0.2, -0.15) is 0 Å². The highest BCUT2D eigenvalue weighted by molar-refractivity contribution is 7.89. The van der Waals surface area contributed by atoms with Crippen LogP contribution >= 0.6 is 0 Å². The number of likely N-dealkylation sites (tertiary alicyclic amines) is 1. The number of halogens is 2. The molecule has 2 aliphatic heterocycles. The van der Waals surface area contributed by atoms with Gasteiger partial charge in [0.1, 0.15) is 5.60 Å². The number of hydrogen-bond donors (Lipinski definition) is 1. The number of carbonyl (C=O) groups is 1. The van der Waals surface area contributed by atoms with Crippen LogP contribution in [0.3, 0.4) is 0 Å². The molecule has 1 N–H and O–H groups in total. The lowest BCUT2D eigenvalue weighted by molar-refractivity contribution is 0.0453. The lowest BCUT2D eigenvalue weighted by Crippen LogP contribution is -2.59. The number of nitrogens with zero attached hydrogens (tertiary/aromatic N) is 2. The van der Waals surface area contributed by atoms with Crippen LogP contribution in [0.5, 0.6) is 5.75 Å². The molecule has 1 aliphatic carbocycles. The third-order valence-corrected chi connectivity index (χ3v) is 8.55. The van der Waals surface area contributed by atoms with Crippen molar-refractivity contribution in [2.24, 2.45) is 11.8 Å². The standard InChI is InChI=1S/C24H35F2N3O5S/c1-16(2)15-35(31,32)27-18-12-29(13-18)19-10-20(25)22(21(26)11-19)33-14-17-4-8-28(9-5-17)23(30)34-24(3)6-7-24/h10-11,16-18,27H,4-9,12-15H2,1-3H3. The summed E-state index contributed by atoms with van der Waals surface area (Å²) in [6.45, 7) is 7.50. The van der Waals surface area contributed by atoms with Crippen molar-refractivity contribution in [1.82, 2.24) is 9.62 Å². The molecule has 2 saturated heterocycles. The first-order valence-electron chi connectivity index (χ1n) is 12.3. The molecule has 1 saturated carbocycles. The summed E-state index contributed by atoms with van der Waals surface area (Å²) in [5, 5.41) is 0. The van der Waals surface area contributed by atoms with Gasteiger partial charge in [0.15, 0.2) is 17.4 Å². The number of amides is 1. The summed E-state index contributed by atoms with van der Waals surface area (Å²) in [6.07, 6.45) is 2.85. The second-order valence-electron chi connectivity index (χ2n) is 10.7. The summed E-state index contributed by atoms with van der Waals surface area (Å²) >= 11 is 0. The van der Waals surface area contributed by atoms with Crippen LogP contribution in [0.1, 0.15) is 46.5 Å². The number of anilines is 1. The van der Waals surface area contributed by atoms with E-state index in [1.807, 2.05) is 20.8 Å². The number of carbonyl (C=O) groups excluding carboxylic acids is 1. The summed E-state index contributed by atoms with van der Waals surface area (Å²) in [5.74, 6) is -1.85. The molecule has 1 aromatic rings. The van der Waals surface area contributed by atoms with Gasteiger partial charge < -0.3 is 19.3 Å². The highest BCUT2D eigenvalue weighted by Crippen LogP contribution is 2.39. The zero-order valence-corrected chi connectivity index (χ0v) is 21.4. The Morgan fingerprint density at radius 2 is 1.77 bits per heavy atom. The van der Waals surface area contributed by atoms with Crippen LogP contribution < -0.4 is 14.4 Å². The van der Waals surface area contributed by atoms with Crippen LogP contribution in [0.4, 0.5) is 19.3 Å². The minimum Gasteiger partial charge on any atom is -0.487 e. The zero-order valence-electron chi connectivity index (χ0n) is 20.6. The topological polar surface area (TPSA) is 88.2 Å². The maximum Gasteiger partial charge on any atom is 0.410 e. The van der Waals surface area contributed by atoms with Gasteiger partial charge in [0, 0.05) is 44.0 Å². The Bertz CT molecular complexity index is 1010. The number of ether oxygens (including phenoxy) is 2. The molecule has 3 aliphatic rings. The predicted molar refractivity (Wildman–Crippen MR) is 128 cm³/mol. The smallest absolute Gasteiger partial charge is 0.410 e. The van der Waals surface area contributed by atoms with Gasteiger partial charge in [-0.1, -0.05) is 13.8 Å². The Hall–Kier alpha value is -2.14. The van der Waals surface area contributed by atoms with Crippen molar-refractivity contribution < 1.29 is 31.5 Å². The van der Waals surface area contributed by atoms with Crippen LogP contribution in [0.15, 0.2) is 12.1 Å². The zero-order chi connectivity index (χ0) is 25.4. The van der Waals surface area contributed by atoms with E-state index in [1.54, 1.807) is 9.80 Å². The van der Waals surface area contributed by atoms with Gasteiger partial charge in [-0.3, -0.25) is 0 Å². The Balaban J connectivity index is 1.23. The largest absolute Gasteiger partial charge is 0.487 e. The van der Waals surface area contributed by atoms with Crippen LogP contribution in [0, 0.1) is 23.5 Å². The molecule has 0 aromatic heterocycles. The van der Waals surface area contributed by atoms with Crippen molar-refractivity contribution in [3.63, 3.8) is 0 Å². The van der Waals surface area contributed by atoms with E-state index >= 15 is 0 Å². The van der Waals surface area contributed by atoms with E-state index < -0.39 is 27.4 Å². The molecule has 0 bridgehead atoms. The summed E-state index contributed by atoms with van der Waals surface area (Å²) in [7, 11) is -3.37. The van der Waals surface area contributed by atoms with Crippen molar-refractivity contribution in [2.75, 3.05) is 43.4 Å². The minimum atomic E-state index is -3.37. The number of hydrogen-bond acceptors (Lipinski definition) is 6. The highest BCUT2D eigenvalue weighted by Gasteiger charge is 2.43. The molecule has 1 aromatic carbocycles. The van der Waals surface area contributed by atoms with Gasteiger partial charge >= 0.3 is 6.09 Å². The van der Waals surface area contributed by atoms with E-state index in [-0.39, 0.29) is 41.9 Å². The minimum absolute atomic E-state index is 0.0133. The van der Waals surface area contributed by atoms with Crippen molar-refractivity contribution >= 4 is 21.8 Å². The second kappa shape index (κ2) is 10.1. The van der Waals surface area contributed by atoms with Gasteiger partial charge in [0.05, 0.1) is 18.4 Å². The third-order valence-electron chi connectivity index (χ3n) is 6.75. The molecular formula is C24H35F2N3O5S. The number of piperidine rings is 1. The molecule has 196 valence electrons. The monoisotopic (exact) mass is 515 g/mol. The quantitative estimate of drug-likeness (QED) is 0.542. The molecule has 0 radical (unpaired) electrons. The molecule has 1 amide bonds. The van der Waals surface area contributed by atoms with Crippen molar-refractivity contribution in [3.05, 3.63) is 23.8 Å². The first kappa shape index (κ1) is 25.9. The molecular weight excluding hydrogens is 480 g/mol. The Morgan fingerprint density at radius 3 is 2.31 bits per heavy atom. The van der Waals surface area contributed by atoms with Crippen LogP contribution in [0.2, 0.25) is 0 Å². The predicted octanol–water partition coefficient (Wildman–Crippen LogP) is 3.51. The van der Waals surface area contributed by atoms with Crippen molar-refractivity contribution in [2.45, 2.75) is 58.1 Å². The molecule has 3 fully saturated rings. The second-order valence-corrected chi connectivity index (χ2v) is 12.5. The molecule has 0 unspecified atom stereocenters. The van der Waals surface area contributed by atoms with E-state index in [0.29, 0.717) is 44.7 Å². The van der Waals surface area contributed by atoms with E-state index in [0.717, 1.165) is 12.8 Å². The van der Waals surface area contributed by atoms with Crippen molar-refractivity contribution in [3.8, 4) is 5.75 Å². The summed E-state index contributed by atoms with van der Waals surface area (Å²) in [5.41, 5.74) is 0.0415. The molecule has 0 spiro atoms. The van der Waals surface area contributed by atoms with E-state index in [2.05, 4.69) is 4.72 Å². The Kier molecular flexibility index (Phi) is 7.47. The maximum atomic E-state index is 14.7. The Labute approximate surface area is 206 Å². The molecule has 11 heteroatoms. The normalized spacial score (nSPS) is 20.6. The van der Waals surface area contributed by atoms with Crippen LogP contribution in [0.25, 0.3) is 0 Å². The van der Waals surface area contributed by atoms with Gasteiger partial charge in [-0.05, 0) is 44.4 Å². The molecule has 4 rings (SSSR count). The third kappa shape index (κ3) is 6.75. The van der Waals surface area contributed by atoms with Gasteiger partial charge in [-0.15, -0.1) is 0 Å². The Morgan fingerprint density at radius 1 is 1.17 bits per heavy atom. The maximum absolute atomic E-state index is 14.7. The number of rotatable bonds is 9. The summed E-state index contributed by atoms with van der Waals surface area (Å²) < 4.78 is 67.1. The average Bonchev–Trinajstić information content (AvgIpc) is 3.45. The SMILES string of the molecule is CC(C)CS(=O)(=O)NC1CN(c2cc(F)c(OCC3CCN(C(=O)OC4(C)CC4)CC3)c(F)c2)C1. The fourth-order valence-electron chi connectivity index (χ4n) is 4.41. The summed E-state index contributed by atoms with van der Waals surface area (Å²) in [4.78, 5) is 15.6. The number of benzene rings is 1. The average molecular weight is 516 g/mol. The van der Waals surface area contributed by atoms with Gasteiger partial charge in [-0.25, -0.2) is 26.7 Å². The van der Waals surface area contributed by atoms with E-state index in [1.165, 1.54) is 12.1 Å². The molecule has 8 nitrogen and oxygen atoms in total. The number of sulfonamides is 1. The van der Waals surface area contributed by atoms with E-state index in [9.17, 15) is 22.0 Å². The fourth-order valence-corrected chi connectivity index (χ4v) is 6.04.